The van der Waals surface area contributed by atoms with Crippen LogP contribution in [0.3, 0.4) is 0 Å². The predicted octanol–water partition coefficient (Wildman–Crippen LogP) is 2.89. The van der Waals surface area contributed by atoms with Gasteiger partial charge in [-0.3, -0.25) is 0 Å². The highest BCUT2D eigenvalue weighted by atomic mass is 79.9. The molecule has 2 rings (SSSR count). The van der Waals surface area contributed by atoms with Crippen molar-refractivity contribution in [1.82, 2.24) is 0 Å². The highest BCUT2D eigenvalue weighted by Crippen LogP contribution is 2.42. The SMILES string of the molecule is COC1CCC2(CC1)CCC(CBr)O2. The van der Waals surface area contributed by atoms with E-state index in [0.717, 1.165) is 5.33 Å². The quantitative estimate of drug-likeness (QED) is 0.713. The van der Waals surface area contributed by atoms with Crippen molar-refractivity contribution < 1.29 is 9.47 Å². The van der Waals surface area contributed by atoms with Gasteiger partial charge >= 0.3 is 0 Å². The summed E-state index contributed by atoms with van der Waals surface area (Å²) in [5.74, 6) is 0. The summed E-state index contributed by atoms with van der Waals surface area (Å²) in [4.78, 5) is 0. The maximum atomic E-state index is 6.13. The minimum Gasteiger partial charge on any atom is -0.381 e. The summed E-state index contributed by atoms with van der Waals surface area (Å²) in [5.41, 5.74) is 0.216. The Kier molecular flexibility index (Phi) is 3.50. The second-order valence-corrected chi connectivity index (χ2v) is 5.20. The third-order valence-electron chi connectivity index (χ3n) is 3.69. The third-order valence-corrected chi connectivity index (χ3v) is 4.41. The van der Waals surface area contributed by atoms with Crippen LogP contribution in [-0.4, -0.2) is 30.2 Å². The molecule has 0 aromatic heterocycles. The molecule has 14 heavy (non-hydrogen) atoms. The standard InChI is InChI=1S/C11H19BrO2/c1-13-9-2-5-11(6-3-9)7-4-10(8-12)14-11/h9-10H,2-8H2,1H3. The first kappa shape index (κ1) is 10.9. The first-order chi connectivity index (χ1) is 6.78. The lowest BCUT2D eigenvalue weighted by atomic mass is 9.81. The average Bonchev–Trinajstić information content (AvgIpc) is 2.63. The Balaban J connectivity index is 1.87. The van der Waals surface area contributed by atoms with Crippen LogP contribution in [0.15, 0.2) is 0 Å². The minimum absolute atomic E-state index is 0.216. The van der Waals surface area contributed by atoms with E-state index in [-0.39, 0.29) is 5.60 Å². The van der Waals surface area contributed by atoms with Gasteiger partial charge in [-0.25, -0.2) is 0 Å². The number of alkyl halides is 1. The van der Waals surface area contributed by atoms with Crippen LogP contribution in [0.2, 0.25) is 0 Å². The minimum atomic E-state index is 0.216. The van der Waals surface area contributed by atoms with Crippen LogP contribution >= 0.6 is 15.9 Å². The molecule has 1 saturated carbocycles. The molecule has 1 aliphatic heterocycles. The van der Waals surface area contributed by atoms with Crippen LogP contribution < -0.4 is 0 Å². The van der Waals surface area contributed by atoms with Crippen molar-refractivity contribution in [2.75, 3.05) is 12.4 Å². The summed E-state index contributed by atoms with van der Waals surface area (Å²) in [6.45, 7) is 0. The van der Waals surface area contributed by atoms with Crippen molar-refractivity contribution in [1.29, 1.82) is 0 Å². The fourth-order valence-electron chi connectivity index (χ4n) is 2.73. The third kappa shape index (κ3) is 2.15. The molecule has 2 aliphatic rings. The van der Waals surface area contributed by atoms with Gasteiger partial charge in [-0.15, -0.1) is 0 Å². The van der Waals surface area contributed by atoms with Crippen LogP contribution in [0.25, 0.3) is 0 Å². The van der Waals surface area contributed by atoms with Crippen LogP contribution in [-0.2, 0) is 9.47 Å². The lowest BCUT2D eigenvalue weighted by Gasteiger charge is -2.36. The van der Waals surface area contributed by atoms with E-state index in [9.17, 15) is 0 Å². The molecule has 3 heteroatoms. The molecule has 0 bridgehead atoms. The Morgan fingerprint density at radius 1 is 1.29 bits per heavy atom. The average molecular weight is 263 g/mol. The van der Waals surface area contributed by atoms with Gasteiger partial charge in [0.2, 0.25) is 0 Å². The molecule has 1 heterocycles. The van der Waals surface area contributed by atoms with Gasteiger partial charge in [-0.2, -0.15) is 0 Å². The van der Waals surface area contributed by atoms with Gasteiger partial charge in [0, 0.05) is 12.4 Å². The molecule has 1 atom stereocenters. The maximum Gasteiger partial charge on any atom is 0.0689 e. The van der Waals surface area contributed by atoms with Crippen molar-refractivity contribution in [2.45, 2.75) is 56.3 Å². The summed E-state index contributed by atoms with van der Waals surface area (Å²) in [6.07, 6.45) is 8.13. The second kappa shape index (κ2) is 4.50. The molecule has 2 fully saturated rings. The van der Waals surface area contributed by atoms with Crippen molar-refractivity contribution in [3.63, 3.8) is 0 Å². The molecule has 0 aromatic rings. The summed E-state index contributed by atoms with van der Waals surface area (Å²) < 4.78 is 11.5. The highest BCUT2D eigenvalue weighted by Gasteiger charge is 2.42. The molecule has 82 valence electrons. The molecule has 1 aliphatic carbocycles. The first-order valence-electron chi connectivity index (χ1n) is 5.54. The van der Waals surface area contributed by atoms with Crippen molar-refractivity contribution in [3.8, 4) is 0 Å². The zero-order valence-corrected chi connectivity index (χ0v) is 10.4. The van der Waals surface area contributed by atoms with Crippen LogP contribution in [0.1, 0.15) is 38.5 Å². The summed E-state index contributed by atoms with van der Waals surface area (Å²) in [5, 5.41) is 0.989. The molecule has 0 radical (unpaired) electrons. The normalized spacial score (nSPS) is 43.3. The van der Waals surface area contributed by atoms with E-state index in [4.69, 9.17) is 9.47 Å². The topological polar surface area (TPSA) is 18.5 Å². The monoisotopic (exact) mass is 262 g/mol. The van der Waals surface area contributed by atoms with E-state index >= 15 is 0 Å². The predicted molar refractivity (Wildman–Crippen MR) is 59.9 cm³/mol. The number of ether oxygens (including phenoxy) is 2. The number of rotatable bonds is 2. The number of halogens is 1. The van der Waals surface area contributed by atoms with Gasteiger partial charge in [0.25, 0.3) is 0 Å². The zero-order chi connectivity index (χ0) is 10.0. The highest BCUT2D eigenvalue weighted by molar-refractivity contribution is 9.09. The summed E-state index contributed by atoms with van der Waals surface area (Å²) in [7, 11) is 1.82. The molecule has 1 unspecified atom stereocenters. The Labute approximate surface area is 94.5 Å². The lowest BCUT2D eigenvalue weighted by Crippen LogP contribution is -2.36. The smallest absolute Gasteiger partial charge is 0.0689 e. The molecule has 0 amide bonds. The lowest BCUT2D eigenvalue weighted by molar-refractivity contribution is -0.0811. The summed E-state index contributed by atoms with van der Waals surface area (Å²) >= 11 is 3.50. The van der Waals surface area contributed by atoms with Gasteiger partial charge in [0.05, 0.1) is 17.8 Å². The Morgan fingerprint density at radius 3 is 2.43 bits per heavy atom. The fraction of sp³-hybridized carbons (Fsp3) is 1.00. The van der Waals surface area contributed by atoms with E-state index in [1.807, 2.05) is 7.11 Å². The molecule has 1 spiro atoms. The van der Waals surface area contributed by atoms with Gasteiger partial charge in [-0.1, -0.05) is 15.9 Å². The second-order valence-electron chi connectivity index (χ2n) is 4.55. The molecular formula is C11H19BrO2. The number of methoxy groups -OCH3 is 1. The van der Waals surface area contributed by atoms with Gasteiger partial charge in [0.15, 0.2) is 0 Å². The van der Waals surface area contributed by atoms with E-state index in [0.29, 0.717) is 12.2 Å². The zero-order valence-electron chi connectivity index (χ0n) is 8.80. The van der Waals surface area contributed by atoms with E-state index in [2.05, 4.69) is 15.9 Å². The number of hydrogen-bond acceptors (Lipinski definition) is 2. The summed E-state index contributed by atoms with van der Waals surface area (Å²) in [6, 6.07) is 0. The Bertz CT molecular complexity index is 188. The molecule has 0 N–H and O–H groups in total. The van der Waals surface area contributed by atoms with E-state index in [1.165, 1.54) is 38.5 Å². The van der Waals surface area contributed by atoms with E-state index < -0.39 is 0 Å². The van der Waals surface area contributed by atoms with Crippen LogP contribution in [0.4, 0.5) is 0 Å². The maximum absolute atomic E-state index is 6.13. The Hall–Kier alpha value is 0.400. The Morgan fingerprint density at radius 2 is 1.93 bits per heavy atom. The first-order valence-corrected chi connectivity index (χ1v) is 6.67. The van der Waals surface area contributed by atoms with Gasteiger partial charge < -0.3 is 9.47 Å². The van der Waals surface area contributed by atoms with Crippen molar-refractivity contribution in [2.24, 2.45) is 0 Å². The van der Waals surface area contributed by atoms with Gasteiger partial charge in [-0.05, 0) is 38.5 Å². The van der Waals surface area contributed by atoms with Crippen molar-refractivity contribution in [3.05, 3.63) is 0 Å². The molecule has 0 aromatic carbocycles. The van der Waals surface area contributed by atoms with Crippen molar-refractivity contribution >= 4 is 15.9 Å². The molecular weight excluding hydrogens is 244 g/mol. The molecule has 2 nitrogen and oxygen atoms in total. The van der Waals surface area contributed by atoms with E-state index in [1.54, 1.807) is 0 Å². The van der Waals surface area contributed by atoms with Crippen LogP contribution in [0.5, 0.6) is 0 Å². The van der Waals surface area contributed by atoms with Crippen LogP contribution in [0, 0.1) is 0 Å². The number of hydrogen-bond donors (Lipinski definition) is 0. The molecule has 1 saturated heterocycles. The largest absolute Gasteiger partial charge is 0.381 e. The van der Waals surface area contributed by atoms with Gasteiger partial charge in [0.1, 0.15) is 0 Å². The fourth-order valence-corrected chi connectivity index (χ4v) is 3.18.